The van der Waals surface area contributed by atoms with Crippen LogP contribution in [0, 0.1) is 0 Å². The molecule has 0 unspecified atom stereocenters. The van der Waals surface area contributed by atoms with Gasteiger partial charge in [-0.2, -0.15) is 0 Å². The molecule has 0 radical (unpaired) electrons. The molecule has 1 N–H and O–H groups in total. The summed E-state index contributed by atoms with van der Waals surface area (Å²) in [6, 6.07) is 19.7. The van der Waals surface area contributed by atoms with Crippen LogP contribution in [0.4, 0.5) is 5.69 Å². The van der Waals surface area contributed by atoms with Gasteiger partial charge in [0.15, 0.2) is 0 Å². The lowest BCUT2D eigenvalue weighted by Crippen LogP contribution is -2.35. The summed E-state index contributed by atoms with van der Waals surface area (Å²) < 4.78 is 5.48. The molecule has 0 saturated carbocycles. The molecule has 1 saturated heterocycles. The number of carbonyl (C=O) groups excluding carboxylic acids is 3. The lowest BCUT2D eigenvalue weighted by atomic mass is 10.1. The summed E-state index contributed by atoms with van der Waals surface area (Å²) in [6.07, 6.45) is 1.34. The highest BCUT2D eigenvalue weighted by molar-refractivity contribution is 6.34. The lowest BCUT2D eigenvalue weighted by molar-refractivity contribution is -0.117. The van der Waals surface area contributed by atoms with Crippen molar-refractivity contribution in [3.05, 3.63) is 99.5 Å². The molecular formula is C23H14Cl2N2O4. The van der Waals surface area contributed by atoms with Gasteiger partial charge in [-0.15, -0.1) is 0 Å². The fourth-order valence-electron chi connectivity index (χ4n) is 2.98. The number of nitrogens with zero attached hydrogens (tertiary/aromatic N) is 1. The maximum Gasteiger partial charge on any atom is 0.345 e. The van der Waals surface area contributed by atoms with Gasteiger partial charge >= 0.3 is 5.97 Å². The van der Waals surface area contributed by atoms with Crippen molar-refractivity contribution in [1.29, 1.82) is 0 Å². The minimum Gasteiger partial charge on any atom is -0.422 e. The largest absolute Gasteiger partial charge is 0.422 e. The molecule has 1 heterocycles. The Labute approximate surface area is 187 Å². The molecule has 8 heteroatoms. The molecule has 0 aliphatic carbocycles. The van der Waals surface area contributed by atoms with Crippen LogP contribution in [0.1, 0.15) is 15.9 Å². The molecule has 3 aromatic carbocycles. The van der Waals surface area contributed by atoms with Crippen LogP contribution < -0.4 is 15.2 Å². The summed E-state index contributed by atoms with van der Waals surface area (Å²) in [5.41, 5.74) is 3.38. The van der Waals surface area contributed by atoms with Crippen molar-refractivity contribution in [2.75, 3.05) is 5.01 Å². The fourth-order valence-corrected chi connectivity index (χ4v) is 3.37. The Morgan fingerprint density at radius 2 is 1.65 bits per heavy atom. The molecule has 0 spiro atoms. The number of nitrogens with one attached hydrogen (secondary N) is 1. The van der Waals surface area contributed by atoms with Crippen molar-refractivity contribution >= 4 is 52.7 Å². The maximum atomic E-state index is 12.8. The second-order valence-corrected chi connectivity index (χ2v) is 7.37. The number of ether oxygens (including phenoxy) is 1. The fraction of sp³-hybridized carbons (Fsp3) is 0. The Hall–Kier alpha value is -3.61. The standard InChI is InChI=1S/C23H14Cl2N2O4/c24-15-10-11-20(31-23(30)17-8-4-5-9-19(17)25)14(12-15)13-18-21(28)26-27(22(18)29)16-6-2-1-3-7-16/h1-13H,(H,26,28). The summed E-state index contributed by atoms with van der Waals surface area (Å²) in [6.45, 7) is 0. The number of rotatable bonds is 4. The van der Waals surface area contributed by atoms with Crippen molar-refractivity contribution in [2.24, 2.45) is 0 Å². The van der Waals surface area contributed by atoms with E-state index in [1.165, 1.54) is 30.3 Å². The Morgan fingerprint density at radius 3 is 2.39 bits per heavy atom. The highest BCUT2D eigenvalue weighted by atomic mass is 35.5. The predicted octanol–water partition coefficient (Wildman–Crippen LogP) is 4.67. The molecule has 1 fully saturated rings. The van der Waals surface area contributed by atoms with Gasteiger partial charge in [0, 0.05) is 10.6 Å². The third kappa shape index (κ3) is 4.30. The quantitative estimate of drug-likeness (QED) is 0.270. The van der Waals surface area contributed by atoms with Crippen LogP contribution >= 0.6 is 23.2 Å². The van der Waals surface area contributed by atoms with Crippen LogP contribution in [0.15, 0.2) is 78.4 Å². The van der Waals surface area contributed by atoms with Gasteiger partial charge in [-0.1, -0.05) is 53.5 Å². The Bertz CT molecular complexity index is 1230. The number of hydrogen-bond donors (Lipinski definition) is 1. The van der Waals surface area contributed by atoms with Gasteiger partial charge in [0.1, 0.15) is 11.3 Å². The number of para-hydroxylation sites is 1. The molecule has 154 valence electrons. The average molecular weight is 453 g/mol. The van der Waals surface area contributed by atoms with Crippen LogP contribution in [0.25, 0.3) is 6.08 Å². The van der Waals surface area contributed by atoms with Gasteiger partial charge in [-0.05, 0) is 48.5 Å². The monoisotopic (exact) mass is 452 g/mol. The summed E-state index contributed by atoms with van der Waals surface area (Å²) in [5, 5.41) is 1.73. The molecule has 6 nitrogen and oxygen atoms in total. The first-order valence-corrected chi connectivity index (χ1v) is 9.88. The zero-order valence-electron chi connectivity index (χ0n) is 15.8. The van der Waals surface area contributed by atoms with Crippen LogP contribution in [0.2, 0.25) is 10.0 Å². The second kappa shape index (κ2) is 8.63. The number of halogens is 2. The molecule has 1 aliphatic rings. The number of hydrogen-bond acceptors (Lipinski definition) is 4. The Kier molecular flexibility index (Phi) is 5.75. The van der Waals surface area contributed by atoms with Gasteiger partial charge < -0.3 is 4.74 Å². The van der Waals surface area contributed by atoms with Gasteiger partial charge in [0.25, 0.3) is 11.8 Å². The van der Waals surface area contributed by atoms with Crippen LogP contribution in [-0.4, -0.2) is 17.8 Å². The molecule has 0 bridgehead atoms. The first-order valence-electron chi connectivity index (χ1n) is 9.12. The van der Waals surface area contributed by atoms with Gasteiger partial charge in [-0.3, -0.25) is 15.0 Å². The first kappa shape index (κ1) is 20.7. The van der Waals surface area contributed by atoms with Gasteiger partial charge in [0.2, 0.25) is 0 Å². The number of hydrazine groups is 1. The average Bonchev–Trinajstić information content (AvgIpc) is 3.05. The van der Waals surface area contributed by atoms with E-state index in [4.69, 9.17) is 27.9 Å². The minimum absolute atomic E-state index is 0.124. The van der Waals surface area contributed by atoms with E-state index < -0.39 is 17.8 Å². The number of anilines is 1. The van der Waals surface area contributed by atoms with Crippen molar-refractivity contribution < 1.29 is 19.1 Å². The summed E-state index contributed by atoms with van der Waals surface area (Å²) in [7, 11) is 0. The molecule has 3 aromatic rings. The number of esters is 1. The zero-order chi connectivity index (χ0) is 22.0. The van der Waals surface area contributed by atoms with E-state index in [0.29, 0.717) is 16.3 Å². The van der Waals surface area contributed by atoms with Crippen LogP contribution in [0.5, 0.6) is 5.75 Å². The molecule has 0 atom stereocenters. The molecule has 1 aliphatic heterocycles. The number of carbonyl (C=O) groups is 3. The van der Waals surface area contributed by atoms with Gasteiger partial charge in [-0.25, -0.2) is 9.80 Å². The molecular weight excluding hydrogens is 439 g/mol. The summed E-state index contributed by atoms with van der Waals surface area (Å²) >= 11 is 12.2. The zero-order valence-corrected chi connectivity index (χ0v) is 17.4. The Morgan fingerprint density at radius 1 is 0.935 bits per heavy atom. The van der Waals surface area contributed by atoms with Crippen molar-refractivity contribution in [1.82, 2.24) is 5.43 Å². The Balaban J connectivity index is 1.67. The van der Waals surface area contributed by atoms with Crippen molar-refractivity contribution in [2.45, 2.75) is 0 Å². The third-order valence-corrected chi connectivity index (χ3v) is 5.04. The van der Waals surface area contributed by atoms with Gasteiger partial charge in [0.05, 0.1) is 16.3 Å². The van der Waals surface area contributed by atoms with Crippen LogP contribution in [0.3, 0.4) is 0 Å². The van der Waals surface area contributed by atoms with E-state index in [0.717, 1.165) is 5.01 Å². The SMILES string of the molecule is O=C1NN(c2ccccc2)C(=O)C1=Cc1cc(Cl)ccc1OC(=O)c1ccccc1Cl. The van der Waals surface area contributed by atoms with Crippen molar-refractivity contribution in [3.63, 3.8) is 0 Å². The highest BCUT2D eigenvalue weighted by Gasteiger charge is 2.34. The smallest absolute Gasteiger partial charge is 0.345 e. The topological polar surface area (TPSA) is 75.7 Å². The van der Waals surface area contributed by atoms with E-state index in [2.05, 4.69) is 5.43 Å². The second-order valence-electron chi connectivity index (χ2n) is 6.53. The number of amides is 2. The molecule has 31 heavy (non-hydrogen) atoms. The number of benzene rings is 3. The molecule has 4 rings (SSSR count). The summed E-state index contributed by atoms with van der Waals surface area (Å²) in [5.74, 6) is -1.68. The highest BCUT2D eigenvalue weighted by Crippen LogP contribution is 2.29. The normalized spacial score (nSPS) is 14.6. The van der Waals surface area contributed by atoms with Crippen LogP contribution in [-0.2, 0) is 9.59 Å². The van der Waals surface area contributed by atoms with E-state index in [1.807, 2.05) is 0 Å². The summed E-state index contributed by atoms with van der Waals surface area (Å²) in [4.78, 5) is 37.8. The molecule has 2 amide bonds. The minimum atomic E-state index is -0.680. The predicted molar refractivity (Wildman–Crippen MR) is 118 cm³/mol. The van der Waals surface area contributed by atoms with E-state index in [1.54, 1.807) is 48.5 Å². The van der Waals surface area contributed by atoms with Crippen molar-refractivity contribution in [3.8, 4) is 5.75 Å². The van der Waals surface area contributed by atoms with E-state index in [9.17, 15) is 14.4 Å². The first-order chi connectivity index (χ1) is 14.9. The third-order valence-electron chi connectivity index (χ3n) is 4.47. The van der Waals surface area contributed by atoms with E-state index in [-0.39, 0.29) is 21.9 Å². The maximum absolute atomic E-state index is 12.8. The lowest BCUT2D eigenvalue weighted by Gasteiger charge is -2.14. The van der Waals surface area contributed by atoms with E-state index >= 15 is 0 Å². The molecule has 0 aromatic heterocycles.